The smallest absolute Gasteiger partial charge is 0.243 e. The largest absolute Gasteiger partial charge is 0.493 e. The number of nitrogens with one attached hydrogen (secondary N) is 1. The molecule has 154 valence electrons. The molecule has 0 unspecified atom stereocenters. The van der Waals surface area contributed by atoms with E-state index in [1.54, 1.807) is 6.33 Å². The average Bonchev–Trinajstić information content (AvgIpc) is 3.07. The van der Waals surface area contributed by atoms with Crippen LogP contribution in [-0.4, -0.2) is 35.8 Å². The third kappa shape index (κ3) is 4.88. The monoisotopic (exact) mass is 410 g/mol. The maximum Gasteiger partial charge on any atom is 0.243 e. The number of aryl methyl sites for hydroxylation is 1. The Morgan fingerprint density at radius 1 is 1.36 bits per heavy atom. The van der Waals surface area contributed by atoms with Gasteiger partial charge in [-0.25, -0.2) is 17.5 Å². The lowest BCUT2D eigenvalue weighted by Gasteiger charge is -2.30. The van der Waals surface area contributed by atoms with E-state index in [2.05, 4.69) is 14.9 Å². The van der Waals surface area contributed by atoms with Crippen molar-refractivity contribution >= 4 is 10.0 Å². The van der Waals surface area contributed by atoms with E-state index in [1.807, 2.05) is 18.4 Å². The first-order chi connectivity index (χ1) is 13.4. The highest BCUT2D eigenvalue weighted by atomic mass is 32.2. The van der Waals surface area contributed by atoms with Crippen LogP contribution in [0.5, 0.6) is 5.75 Å². The lowest BCUT2D eigenvalue weighted by Crippen LogP contribution is -2.39. The van der Waals surface area contributed by atoms with Crippen LogP contribution in [0, 0.1) is 12.7 Å². The quantitative estimate of drug-likeness (QED) is 0.675. The highest BCUT2D eigenvalue weighted by molar-refractivity contribution is 7.89. The van der Waals surface area contributed by atoms with Crippen molar-refractivity contribution in [3.8, 4) is 5.75 Å². The Morgan fingerprint density at radius 3 is 2.86 bits per heavy atom. The first-order valence-electron chi connectivity index (χ1n) is 9.71. The molecule has 2 aromatic rings. The number of benzene rings is 1. The van der Waals surface area contributed by atoms with Gasteiger partial charge in [-0.2, -0.15) is 0 Å². The van der Waals surface area contributed by atoms with E-state index in [4.69, 9.17) is 4.74 Å². The molecular weight excluding hydrogens is 383 g/mol. The van der Waals surface area contributed by atoms with Crippen molar-refractivity contribution in [3.05, 3.63) is 36.2 Å². The van der Waals surface area contributed by atoms with Crippen LogP contribution in [0.4, 0.5) is 4.39 Å². The number of hydrogen-bond donors (Lipinski definition) is 1. The molecule has 1 N–H and O–H groups in total. The molecule has 3 rings (SSSR count). The first kappa shape index (κ1) is 20.7. The fourth-order valence-electron chi connectivity index (χ4n) is 3.59. The van der Waals surface area contributed by atoms with Gasteiger partial charge < -0.3 is 9.30 Å². The highest BCUT2D eigenvalue weighted by Gasteiger charge is 2.29. The van der Waals surface area contributed by atoms with E-state index >= 15 is 0 Å². The molecule has 0 spiro atoms. The Kier molecular flexibility index (Phi) is 6.66. The molecule has 9 heteroatoms. The molecule has 0 bridgehead atoms. The van der Waals surface area contributed by atoms with Gasteiger partial charge in [-0.15, -0.1) is 10.2 Å². The van der Waals surface area contributed by atoms with Crippen molar-refractivity contribution in [3.63, 3.8) is 0 Å². The Balaban J connectivity index is 1.68. The van der Waals surface area contributed by atoms with Gasteiger partial charge in [0, 0.05) is 18.2 Å². The molecule has 7 nitrogen and oxygen atoms in total. The van der Waals surface area contributed by atoms with Crippen LogP contribution in [0.25, 0.3) is 0 Å². The molecule has 0 saturated heterocycles. The second-order valence-corrected chi connectivity index (χ2v) is 8.90. The summed E-state index contributed by atoms with van der Waals surface area (Å²) in [7, 11) is -3.96. The van der Waals surface area contributed by atoms with Crippen molar-refractivity contribution in [2.45, 2.75) is 69.4 Å². The van der Waals surface area contributed by atoms with Crippen LogP contribution in [0.15, 0.2) is 29.4 Å². The van der Waals surface area contributed by atoms with Crippen LogP contribution in [0.3, 0.4) is 0 Å². The highest BCUT2D eigenvalue weighted by Crippen LogP contribution is 2.30. The van der Waals surface area contributed by atoms with Gasteiger partial charge in [0.25, 0.3) is 0 Å². The van der Waals surface area contributed by atoms with Gasteiger partial charge in [0.05, 0.1) is 6.61 Å². The van der Waals surface area contributed by atoms with Gasteiger partial charge in [-0.3, -0.25) is 0 Å². The van der Waals surface area contributed by atoms with E-state index in [9.17, 15) is 12.8 Å². The van der Waals surface area contributed by atoms with Gasteiger partial charge in [-0.05, 0) is 51.2 Å². The number of sulfonamides is 1. The van der Waals surface area contributed by atoms with Crippen LogP contribution in [-0.2, 0) is 10.0 Å². The van der Waals surface area contributed by atoms with Crippen molar-refractivity contribution in [1.29, 1.82) is 0 Å². The van der Waals surface area contributed by atoms with E-state index in [1.165, 1.54) is 12.1 Å². The number of aromatic nitrogens is 3. The summed E-state index contributed by atoms with van der Waals surface area (Å²) in [5, 5.41) is 7.90. The first-order valence-corrected chi connectivity index (χ1v) is 11.2. The Labute approximate surface area is 165 Å². The standard InChI is InChI=1S/C19H27FN4O3S/c1-3-4-10-27-17-8-9-19(18(20)12-17)28(25,26)23-15-6-5-7-16(11-15)24-13-21-22-14(24)2/h8-9,12-13,15-16,23H,3-7,10-11H2,1-2H3/t15-,16+/m0/s1. The molecule has 0 radical (unpaired) electrons. The van der Waals surface area contributed by atoms with Gasteiger partial charge in [0.15, 0.2) is 0 Å². The van der Waals surface area contributed by atoms with Crippen LogP contribution in [0.1, 0.15) is 57.3 Å². The number of unbranched alkanes of at least 4 members (excludes halogenated alkanes) is 1. The minimum atomic E-state index is -3.96. The lowest BCUT2D eigenvalue weighted by molar-refractivity contribution is 0.302. The summed E-state index contributed by atoms with van der Waals surface area (Å²) in [5.74, 6) is 0.340. The topological polar surface area (TPSA) is 86.1 Å². The number of halogens is 1. The number of rotatable bonds is 8. The summed E-state index contributed by atoms with van der Waals surface area (Å²) in [4.78, 5) is -0.349. The molecule has 28 heavy (non-hydrogen) atoms. The molecule has 1 aromatic carbocycles. The molecule has 1 saturated carbocycles. The fourth-order valence-corrected chi connectivity index (χ4v) is 4.93. The van der Waals surface area contributed by atoms with Crippen LogP contribution >= 0.6 is 0 Å². The summed E-state index contributed by atoms with van der Waals surface area (Å²) in [6.45, 7) is 4.39. The minimum Gasteiger partial charge on any atom is -0.493 e. The van der Waals surface area contributed by atoms with Gasteiger partial charge in [-0.1, -0.05) is 13.3 Å². The lowest BCUT2D eigenvalue weighted by atomic mass is 9.91. The molecule has 1 aromatic heterocycles. The molecule has 0 aliphatic heterocycles. The SMILES string of the molecule is CCCCOc1ccc(S(=O)(=O)N[C@H]2CCC[C@@H](n3cnnc3C)C2)c(F)c1. The molecular formula is C19H27FN4O3S. The van der Waals surface area contributed by atoms with E-state index in [0.717, 1.165) is 44.0 Å². The molecule has 2 atom stereocenters. The summed E-state index contributed by atoms with van der Waals surface area (Å²) in [6, 6.07) is 3.77. The molecule has 1 aliphatic rings. The van der Waals surface area contributed by atoms with Crippen molar-refractivity contribution in [2.24, 2.45) is 0 Å². The van der Waals surface area contributed by atoms with E-state index in [-0.39, 0.29) is 17.0 Å². The van der Waals surface area contributed by atoms with Crippen molar-refractivity contribution < 1.29 is 17.5 Å². The summed E-state index contributed by atoms with van der Waals surface area (Å²) >= 11 is 0. The molecule has 0 amide bonds. The fraction of sp³-hybridized carbons (Fsp3) is 0.579. The second-order valence-electron chi connectivity index (χ2n) is 7.22. The van der Waals surface area contributed by atoms with Crippen LogP contribution < -0.4 is 9.46 Å². The Morgan fingerprint density at radius 2 is 2.18 bits per heavy atom. The molecule has 1 aliphatic carbocycles. The molecule has 1 fully saturated rings. The predicted octanol–water partition coefficient (Wildman–Crippen LogP) is 3.37. The zero-order valence-electron chi connectivity index (χ0n) is 16.3. The Bertz CT molecular complexity index is 900. The third-order valence-corrected chi connectivity index (χ3v) is 6.63. The number of ether oxygens (including phenoxy) is 1. The maximum atomic E-state index is 14.4. The minimum absolute atomic E-state index is 0.135. The summed E-state index contributed by atoms with van der Waals surface area (Å²) in [6.07, 6.45) is 6.66. The second kappa shape index (κ2) is 9.00. The van der Waals surface area contributed by atoms with E-state index in [0.29, 0.717) is 18.8 Å². The summed E-state index contributed by atoms with van der Waals surface area (Å²) < 4.78 is 50.0. The van der Waals surface area contributed by atoms with Crippen molar-refractivity contribution in [1.82, 2.24) is 19.5 Å². The van der Waals surface area contributed by atoms with Gasteiger partial charge in [0.1, 0.15) is 28.6 Å². The average molecular weight is 411 g/mol. The maximum absolute atomic E-state index is 14.4. The Hall–Kier alpha value is -2.00. The van der Waals surface area contributed by atoms with Gasteiger partial charge in [0.2, 0.25) is 10.0 Å². The summed E-state index contributed by atoms with van der Waals surface area (Å²) in [5.41, 5.74) is 0. The predicted molar refractivity (Wildman–Crippen MR) is 103 cm³/mol. The normalized spacial score (nSPS) is 20.2. The van der Waals surface area contributed by atoms with Crippen molar-refractivity contribution in [2.75, 3.05) is 6.61 Å². The zero-order chi connectivity index (χ0) is 20.1. The van der Waals surface area contributed by atoms with Crippen LogP contribution in [0.2, 0.25) is 0 Å². The number of hydrogen-bond acceptors (Lipinski definition) is 5. The molecule has 1 heterocycles. The van der Waals surface area contributed by atoms with E-state index < -0.39 is 15.8 Å². The van der Waals surface area contributed by atoms with Gasteiger partial charge >= 0.3 is 0 Å². The number of nitrogens with zero attached hydrogens (tertiary/aromatic N) is 3. The zero-order valence-corrected chi connectivity index (χ0v) is 17.1. The third-order valence-electron chi connectivity index (χ3n) is 5.07.